The van der Waals surface area contributed by atoms with Crippen LogP contribution in [0, 0.1) is 0 Å². The molecule has 170 valence electrons. The molecule has 0 saturated heterocycles. The van der Waals surface area contributed by atoms with Gasteiger partial charge in [0.2, 0.25) is 0 Å². The van der Waals surface area contributed by atoms with Crippen LogP contribution < -0.4 is 0 Å². The van der Waals surface area contributed by atoms with E-state index in [0.717, 1.165) is 0 Å². The highest BCUT2D eigenvalue weighted by Gasteiger charge is 1.97. The fourth-order valence-corrected chi connectivity index (χ4v) is 1.50. The lowest BCUT2D eigenvalue weighted by molar-refractivity contribution is 0.504. The minimum Gasteiger partial charge on any atom is -0.197 e. The van der Waals surface area contributed by atoms with Gasteiger partial charge in [0.05, 0.1) is 0 Å². The maximum Gasteiger partial charge on any atom is -0.0533 e. The van der Waals surface area contributed by atoms with Crippen LogP contribution in [0.5, 0.6) is 0 Å². The van der Waals surface area contributed by atoms with Gasteiger partial charge in [0.1, 0.15) is 0 Å². The molecule has 0 atom stereocenters. The second-order valence-electron chi connectivity index (χ2n) is 9.55. The fraction of sp³-hybridized carbons (Fsp3) is 1.00. The van der Waals surface area contributed by atoms with Crippen LogP contribution in [0.15, 0.2) is 0 Å². The highest BCUT2D eigenvalue weighted by atomic mass is 32.1. The van der Waals surface area contributed by atoms with E-state index in [1.807, 2.05) is 0 Å². The summed E-state index contributed by atoms with van der Waals surface area (Å²) in [5.41, 5.74) is 0. The highest BCUT2D eigenvalue weighted by Crippen LogP contribution is 2.17. The lowest BCUT2D eigenvalue weighted by atomic mass is 10.0. The molecule has 7 aliphatic carbocycles. The number of hydrogen-bond acceptors (Lipinski definition) is 0. The third kappa shape index (κ3) is 26.4. The van der Waals surface area contributed by atoms with Gasteiger partial charge >= 0.3 is 0 Å². The van der Waals surface area contributed by atoms with E-state index >= 15 is 0 Å². The standard InChI is InChI=1S/6C4H8.C3H6.H2S/c6*1-2-4-3-1;1-2-3-1;/h6*1-4H2;1-3H2;1H2. The van der Waals surface area contributed by atoms with Crippen molar-refractivity contribution in [3.8, 4) is 0 Å². The van der Waals surface area contributed by atoms with E-state index in [-0.39, 0.29) is 13.5 Å². The van der Waals surface area contributed by atoms with Crippen LogP contribution in [-0.2, 0) is 0 Å². The Kier molecular flexibility index (Phi) is 25.7. The van der Waals surface area contributed by atoms with E-state index in [2.05, 4.69) is 0 Å². The first-order valence-corrected chi connectivity index (χ1v) is 13.5. The lowest BCUT2D eigenvalue weighted by Crippen LogP contribution is -1.85. The summed E-state index contributed by atoms with van der Waals surface area (Å²) in [4.78, 5) is 0. The molecule has 7 rings (SSSR count). The molecule has 0 spiro atoms. The Morgan fingerprint density at radius 1 is 0.107 bits per heavy atom. The first-order valence-electron chi connectivity index (χ1n) is 13.5. The van der Waals surface area contributed by atoms with Crippen molar-refractivity contribution in [1.82, 2.24) is 0 Å². The summed E-state index contributed by atoms with van der Waals surface area (Å²) in [6.45, 7) is 0. The van der Waals surface area contributed by atoms with Crippen molar-refractivity contribution < 1.29 is 0 Å². The molecule has 0 aromatic rings. The van der Waals surface area contributed by atoms with Gasteiger partial charge in [-0.3, -0.25) is 0 Å². The molecule has 1 heteroatoms. The van der Waals surface area contributed by atoms with Crippen LogP contribution in [0.1, 0.15) is 173 Å². The van der Waals surface area contributed by atoms with E-state index in [9.17, 15) is 0 Å². The molecule has 0 N–H and O–H groups in total. The van der Waals surface area contributed by atoms with Gasteiger partial charge in [-0.2, -0.15) is 13.5 Å². The van der Waals surface area contributed by atoms with Gasteiger partial charge in [0.15, 0.2) is 0 Å². The predicted molar refractivity (Wildman–Crippen MR) is 135 cm³/mol. The van der Waals surface area contributed by atoms with Crippen molar-refractivity contribution in [3.63, 3.8) is 0 Å². The maximum atomic E-state index is 1.50. The molecule has 0 aromatic carbocycles. The average molecular weight is 413 g/mol. The maximum absolute atomic E-state index is 1.50. The Bertz CT molecular complexity index is 148. The summed E-state index contributed by atoms with van der Waals surface area (Å²) in [6.07, 6.45) is 40.5. The second-order valence-corrected chi connectivity index (χ2v) is 9.55. The van der Waals surface area contributed by atoms with Crippen LogP contribution >= 0.6 is 13.5 Å². The summed E-state index contributed by atoms with van der Waals surface area (Å²) in [7, 11) is 0. The molecule has 0 bridgehead atoms. The smallest absolute Gasteiger partial charge is 0.0533 e. The normalized spacial score (nSPS) is 23.1. The number of rotatable bonds is 0. The average Bonchev–Trinajstić information content (AvgIpc) is 2.95. The van der Waals surface area contributed by atoms with Gasteiger partial charge < -0.3 is 0 Å². The second kappa shape index (κ2) is 25.4. The van der Waals surface area contributed by atoms with E-state index in [1.165, 1.54) is 173 Å². The summed E-state index contributed by atoms with van der Waals surface area (Å²) in [6, 6.07) is 0. The molecular formula is C27H56S. The van der Waals surface area contributed by atoms with Crippen molar-refractivity contribution in [2.24, 2.45) is 0 Å². The Morgan fingerprint density at radius 2 is 0.143 bits per heavy atom. The molecule has 0 aliphatic heterocycles. The Balaban J connectivity index is 0.000000302. The topological polar surface area (TPSA) is 0 Å². The third-order valence-corrected chi connectivity index (χ3v) is 6.35. The van der Waals surface area contributed by atoms with Gasteiger partial charge in [-0.25, -0.2) is 0 Å². The molecule has 0 heterocycles. The van der Waals surface area contributed by atoms with Crippen molar-refractivity contribution in [2.75, 3.05) is 0 Å². The third-order valence-electron chi connectivity index (χ3n) is 6.35. The van der Waals surface area contributed by atoms with Crippen molar-refractivity contribution in [3.05, 3.63) is 0 Å². The van der Waals surface area contributed by atoms with Gasteiger partial charge in [-0.1, -0.05) is 173 Å². The monoisotopic (exact) mass is 412 g/mol. The highest BCUT2D eigenvalue weighted by molar-refractivity contribution is 7.59. The molecule has 0 unspecified atom stereocenters. The minimum atomic E-state index is 0. The minimum absolute atomic E-state index is 0. The van der Waals surface area contributed by atoms with E-state index in [1.54, 1.807) is 0 Å². The van der Waals surface area contributed by atoms with Crippen LogP contribution in [-0.4, -0.2) is 0 Å². The predicted octanol–water partition coefficient (Wildman–Crippen LogP) is 10.6. The lowest BCUT2D eigenvalue weighted by Gasteiger charge is -2.05. The fourth-order valence-electron chi connectivity index (χ4n) is 1.50. The zero-order valence-electron chi connectivity index (χ0n) is 19.6. The number of hydrogen-bond donors (Lipinski definition) is 0. The first kappa shape index (κ1) is 28.4. The molecule has 7 aliphatic rings. The molecule has 0 radical (unpaired) electrons. The molecule has 28 heavy (non-hydrogen) atoms. The SMILES string of the molecule is C1CC1.C1CCC1.C1CCC1.C1CCC1.C1CCC1.C1CCC1.C1CCC1.S. The molecule has 0 aromatic heterocycles. The van der Waals surface area contributed by atoms with E-state index in [4.69, 9.17) is 0 Å². The Labute approximate surface area is 186 Å². The van der Waals surface area contributed by atoms with Gasteiger partial charge in [-0.05, 0) is 0 Å². The van der Waals surface area contributed by atoms with Crippen LogP contribution in [0.4, 0.5) is 0 Å². The molecular weight excluding hydrogens is 356 g/mol. The molecule has 0 amide bonds. The van der Waals surface area contributed by atoms with Crippen molar-refractivity contribution in [1.29, 1.82) is 0 Å². The molecule has 7 saturated carbocycles. The summed E-state index contributed by atoms with van der Waals surface area (Å²) in [5.74, 6) is 0. The van der Waals surface area contributed by atoms with Crippen LogP contribution in [0.25, 0.3) is 0 Å². The molecule has 0 nitrogen and oxygen atoms in total. The van der Waals surface area contributed by atoms with Gasteiger partial charge in [0, 0.05) is 0 Å². The Morgan fingerprint density at radius 3 is 0.143 bits per heavy atom. The van der Waals surface area contributed by atoms with E-state index in [0.29, 0.717) is 0 Å². The summed E-state index contributed by atoms with van der Waals surface area (Å²) in [5, 5.41) is 0. The largest absolute Gasteiger partial charge is 0.197 e. The zero-order chi connectivity index (χ0) is 19.1. The zero-order valence-corrected chi connectivity index (χ0v) is 20.6. The summed E-state index contributed by atoms with van der Waals surface area (Å²) >= 11 is 0. The molecule has 7 fully saturated rings. The quantitative estimate of drug-likeness (QED) is 0.371. The first-order chi connectivity index (χ1) is 13.5. The summed E-state index contributed by atoms with van der Waals surface area (Å²) < 4.78 is 0. The van der Waals surface area contributed by atoms with Crippen molar-refractivity contribution in [2.45, 2.75) is 173 Å². The Hall–Kier alpha value is 0.350. The van der Waals surface area contributed by atoms with Crippen molar-refractivity contribution >= 4 is 13.5 Å². The van der Waals surface area contributed by atoms with Crippen LogP contribution in [0.2, 0.25) is 0 Å². The van der Waals surface area contributed by atoms with E-state index < -0.39 is 0 Å². The van der Waals surface area contributed by atoms with Crippen LogP contribution in [0.3, 0.4) is 0 Å². The van der Waals surface area contributed by atoms with Gasteiger partial charge in [-0.15, -0.1) is 0 Å². The van der Waals surface area contributed by atoms with Gasteiger partial charge in [0.25, 0.3) is 0 Å².